The quantitative estimate of drug-likeness (QED) is 0.815. The molecule has 0 saturated carbocycles. The fourth-order valence-corrected chi connectivity index (χ4v) is 2.68. The Morgan fingerprint density at radius 2 is 1.76 bits per heavy atom. The van der Waals surface area contributed by atoms with Crippen molar-refractivity contribution in [2.45, 2.75) is 19.3 Å². The molecule has 4 nitrogen and oxygen atoms in total. The van der Waals surface area contributed by atoms with Crippen LogP contribution in [-0.2, 0) is 11.2 Å². The number of amides is 1. The molecular formula is C16H23ClN2O2. The summed E-state index contributed by atoms with van der Waals surface area (Å²) < 4.78 is 0. The predicted molar refractivity (Wildman–Crippen MR) is 84.5 cm³/mol. The Labute approximate surface area is 131 Å². The Hall–Kier alpha value is -1.10. The summed E-state index contributed by atoms with van der Waals surface area (Å²) in [6.45, 7) is 4.73. The third kappa shape index (κ3) is 5.30. The Morgan fingerprint density at radius 1 is 1.10 bits per heavy atom. The van der Waals surface area contributed by atoms with Crippen molar-refractivity contribution in [1.29, 1.82) is 0 Å². The number of unbranched alkanes of at least 4 members (excludes halogenated alkanes) is 1. The maximum absolute atomic E-state index is 12.3. The van der Waals surface area contributed by atoms with Gasteiger partial charge in [-0.15, -0.1) is 0 Å². The molecule has 21 heavy (non-hydrogen) atoms. The molecule has 0 radical (unpaired) electrons. The molecule has 0 spiro atoms. The van der Waals surface area contributed by atoms with Crippen LogP contribution in [0.3, 0.4) is 0 Å². The zero-order valence-corrected chi connectivity index (χ0v) is 13.1. The second-order valence-corrected chi connectivity index (χ2v) is 5.89. The fourth-order valence-electron chi connectivity index (χ4n) is 2.56. The lowest BCUT2D eigenvalue weighted by Gasteiger charge is -2.34. The van der Waals surface area contributed by atoms with E-state index in [0.717, 1.165) is 51.1 Å². The SMILES string of the molecule is O=C(Cc1ccc(Cl)cc1)N1CCN(CCCCO)CC1. The number of aliphatic hydroxyl groups excluding tert-OH is 1. The molecule has 0 aliphatic carbocycles. The largest absolute Gasteiger partial charge is 0.396 e. The van der Waals surface area contributed by atoms with Crippen LogP contribution >= 0.6 is 11.6 Å². The molecule has 1 aromatic rings. The third-order valence-electron chi connectivity index (χ3n) is 3.88. The molecule has 0 bridgehead atoms. The molecule has 1 fully saturated rings. The van der Waals surface area contributed by atoms with E-state index in [9.17, 15) is 4.79 Å². The number of benzene rings is 1. The summed E-state index contributed by atoms with van der Waals surface area (Å²) in [6, 6.07) is 7.46. The van der Waals surface area contributed by atoms with E-state index < -0.39 is 0 Å². The average molecular weight is 311 g/mol. The molecule has 2 rings (SSSR count). The van der Waals surface area contributed by atoms with Crippen LogP contribution in [0.5, 0.6) is 0 Å². The van der Waals surface area contributed by atoms with Crippen molar-refractivity contribution in [3.8, 4) is 0 Å². The number of rotatable bonds is 6. The minimum absolute atomic E-state index is 0.187. The fraction of sp³-hybridized carbons (Fsp3) is 0.562. The van der Waals surface area contributed by atoms with Crippen LogP contribution in [0.2, 0.25) is 5.02 Å². The summed E-state index contributed by atoms with van der Waals surface area (Å²) in [6.07, 6.45) is 2.33. The highest BCUT2D eigenvalue weighted by Crippen LogP contribution is 2.12. The van der Waals surface area contributed by atoms with Gasteiger partial charge in [-0.3, -0.25) is 9.69 Å². The van der Waals surface area contributed by atoms with Gasteiger partial charge in [0.2, 0.25) is 5.91 Å². The second kappa shape index (κ2) is 8.37. The molecule has 1 aliphatic rings. The van der Waals surface area contributed by atoms with Gasteiger partial charge >= 0.3 is 0 Å². The first-order valence-corrected chi connectivity index (χ1v) is 7.92. The zero-order valence-electron chi connectivity index (χ0n) is 12.3. The molecular weight excluding hydrogens is 288 g/mol. The number of piperazine rings is 1. The van der Waals surface area contributed by atoms with E-state index in [-0.39, 0.29) is 12.5 Å². The zero-order chi connectivity index (χ0) is 15.1. The highest BCUT2D eigenvalue weighted by atomic mass is 35.5. The third-order valence-corrected chi connectivity index (χ3v) is 4.13. The number of carbonyl (C=O) groups is 1. The van der Waals surface area contributed by atoms with Crippen molar-refractivity contribution in [2.24, 2.45) is 0 Å². The van der Waals surface area contributed by atoms with Crippen LogP contribution in [-0.4, -0.2) is 60.1 Å². The summed E-state index contributed by atoms with van der Waals surface area (Å²) in [4.78, 5) is 16.6. The first kappa shape index (κ1) is 16.3. The lowest BCUT2D eigenvalue weighted by molar-refractivity contribution is -0.132. The molecule has 1 amide bonds. The van der Waals surface area contributed by atoms with Crippen LogP contribution in [0.25, 0.3) is 0 Å². The topological polar surface area (TPSA) is 43.8 Å². The van der Waals surface area contributed by atoms with Crippen LogP contribution < -0.4 is 0 Å². The van der Waals surface area contributed by atoms with E-state index in [1.165, 1.54) is 0 Å². The minimum atomic E-state index is 0.187. The Bertz CT molecular complexity index is 442. The molecule has 1 aliphatic heterocycles. The number of nitrogens with zero attached hydrogens (tertiary/aromatic N) is 2. The summed E-state index contributed by atoms with van der Waals surface area (Å²) in [7, 11) is 0. The van der Waals surface area contributed by atoms with Gasteiger partial charge in [0, 0.05) is 37.8 Å². The van der Waals surface area contributed by atoms with Gasteiger partial charge in [0.25, 0.3) is 0 Å². The van der Waals surface area contributed by atoms with Crippen molar-refractivity contribution in [3.05, 3.63) is 34.9 Å². The normalized spacial score (nSPS) is 16.2. The van der Waals surface area contributed by atoms with Gasteiger partial charge in [0.05, 0.1) is 6.42 Å². The first-order chi connectivity index (χ1) is 10.2. The van der Waals surface area contributed by atoms with Gasteiger partial charge in [0.15, 0.2) is 0 Å². The van der Waals surface area contributed by atoms with E-state index in [1.807, 2.05) is 29.2 Å². The monoisotopic (exact) mass is 310 g/mol. The van der Waals surface area contributed by atoms with Crippen LogP contribution in [0.15, 0.2) is 24.3 Å². The standard InChI is InChI=1S/C16H23ClN2O2/c17-15-5-3-14(4-6-15)13-16(21)19-10-8-18(9-11-19)7-1-2-12-20/h3-6,20H,1-2,7-13H2. The van der Waals surface area contributed by atoms with Gasteiger partial charge in [-0.25, -0.2) is 0 Å². The van der Waals surface area contributed by atoms with Crippen molar-refractivity contribution >= 4 is 17.5 Å². The molecule has 1 aromatic carbocycles. The summed E-state index contributed by atoms with van der Waals surface area (Å²) >= 11 is 5.85. The minimum Gasteiger partial charge on any atom is -0.396 e. The van der Waals surface area contributed by atoms with Crippen LogP contribution in [0.1, 0.15) is 18.4 Å². The molecule has 0 atom stereocenters. The Balaban J connectivity index is 1.74. The lowest BCUT2D eigenvalue weighted by atomic mass is 10.1. The number of hydrogen-bond acceptors (Lipinski definition) is 3. The van der Waals surface area contributed by atoms with E-state index in [1.54, 1.807) is 0 Å². The highest BCUT2D eigenvalue weighted by molar-refractivity contribution is 6.30. The van der Waals surface area contributed by atoms with Gasteiger partial charge in [-0.2, -0.15) is 0 Å². The highest BCUT2D eigenvalue weighted by Gasteiger charge is 2.20. The van der Waals surface area contributed by atoms with Gasteiger partial charge < -0.3 is 10.0 Å². The van der Waals surface area contributed by atoms with Gasteiger partial charge in [0.1, 0.15) is 0 Å². The number of aliphatic hydroxyl groups is 1. The van der Waals surface area contributed by atoms with Crippen molar-refractivity contribution in [3.63, 3.8) is 0 Å². The molecule has 1 heterocycles. The van der Waals surface area contributed by atoms with Crippen LogP contribution in [0.4, 0.5) is 0 Å². The number of halogens is 1. The van der Waals surface area contributed by atoms with E-state index in [2.05, 4.69) is 4.90 Å². The molecule has 1 saturated heterocycles. The molecule has 116 valence electrons. The number of hydrogen-bond donors (Lipinski definition) is 1. The second-order valence-electron chi connectivity index (χ2n) is 5.46. The smallest absolute Gasteiger partial charge is 0.227 e. The van der Waals surface area contributed by atoms with Crippen LogP contribution in [0, 0.1) is 0 Å². The van der Waals surface area contributed by atoms with Crippen molar-refractivity contribution < 1.29 is 9.90 Å². The maximum Gasteiger partial charge on any atom is 0.227 e. The summed E-state index contributed by atoms with van der Waals surface area (Å²) in [5.74, 6) is 0.187. The van der Waals surface area contributed by atoms with Crippen molar-refractivity contribution in [1.82, 2.24) is 9.80 Å². The summed E-state index contributed by atoms with van der Waals surface area (Å²) in [5.41, 5.74) is 1.01. The van der Waals surface area contributed by atoms with Gasteiger partial charge in [-0.1, -0.05) is 23.7 Å². The molecule has 0 aromatic heterocycles. The predicted octanol–water partition coefficient (Wildman–Crippen LogP) is 1.80. The lowest BCUT2D eigenvalue weighted by Crippen LogP contribution is -2.49. The number of carbonyl (C=O) groups excluding carboxylic acids is 1. The van der Waals surface area contributed by atoms with Gasteiger partial charge in [-0.05, 0) is 37.1 Å². The average Bonchev–Trinajstić information content (AvgIpc) is 2.50. The molecule has 1 N–H and O–H groups in total. The maximum atomic E-state index is 12.3. The first-order valence-electron chi connectivity index (χ1n) is 7.54. The Morgan fingerprint density at radius 3 is 2.38 bits per heavy atom. The van der Waals surface area contributed by atoms with Crippen molar-refractivity contribution in [2.75, 3.05) is 39.3 Å². The van der Waals surface area contributed by atoms with E-state index >= 15 is 0 Å². The molecule has 5 heteroatoms. The van der Waals surface area contributed by atoms with E-state index in [4.69, 9.17) is 16.7 Å². The van der Waals surface area contributed by atoms with E-state index in [0.29, 0.717) is 11.4 Å². The summed E-state index contributed by atoms with van der Waals surface area (Å²) in [5, 5.41) is 9.49. The molecule has 0 unspecified atom stereocenters. The Kier molecular flexibility index (Phi) is 6.49.